The summed E-state index contributed by atoms with van der Waals surface area (Å²) in [5.41, 5.74) is 1.34. The summed E-state index contributed by atoms with van der Waals surface area (Å²) in [6.45, 7) is 2.10. The first-order valence-corrected chi connectivity index (χ1v) is 6.40. The molecule has 0 aliphatic rings. The standard InChI is InChI=1S/C13H20BrNO/c1-10(16-3)8-12(15-2)9-11-6-4-5-7-13(11)14/h4-7,10,12,15H,8-9H2,1-3H3. The van der Waals surface area contributed by atoms with Gasteiger partial charge in [0.05, 0.1) is 6.10 Å². The summed E-state index contributed by atoms with van der Waals surface area (Å²) < 4.78 is 6.48. The van der Waals surface area contributed by atoms with Gasteiger partial charge < -0.3 is 10.1 Å². The number of hydrogen-bond donors (Lipinski definition) is 1. The van der Waals surface area contributed by atoms with E-state index in [1.807, 2.05) is 13.1 Å². The van der Waals surface area contributed by atoms with Gasteiger partial charge in [-0.25, -0.2) is 0 Å². The first-order valence-electron chi connectivity index (χ1n) is 5.60. The van der Waals surface area contributed by atoms with Gasteiger partial charge in [0.2, 0.25) is 0 Å². The van der Waals surface area contributed by atoms with E-state index in [0.717, 1.165) is 12.8 Å². The summed E-state index contributed by atoms with van der Waals surface area (Å²) in [4.78, 5) is 0. The molecule has 3 heteroatoms. The van der Waals surface area contributed by atoms with Crippen LogP contribution in [0.25, 0.3) is 0 Å². The monoisotopic (exact) mass is 285 g/mol. The van der Waals surface area contributed by atoms with Crippen molar-refractivity contribution in [3.05, 3.63) is 34.3 Å². The highest BCUT2D eigenvalue weighted by Crippen LogP contribution is 2.18. The second-order valence-electron chi connectivity index (χ2n) is 4.06. The van der Waals surface area contributed by atoms with Crippen LogP contribution in [0.15, 0.2) is 28.7 Å². The maximum Gasteiger partial charge on any atom is 0.0558 e. The number of hydrogen-bond acceptors (Lipinski definition) is 2. The lowest BCUT2D eigenvalue weighted by Crippen LogP contribution is -2.31. The number of rotatable bonds is 6. The van der Waals surface area contributed by atoms with Gasteiger partial charge in [0, 0.05) is 17.6 Å². The van der Waals surface area contributed by atoms with E-state index in [2.05, 4.69) is 46.4 Å². The molecule has 0 saturated heterocycles. The zero-order valence-electron chi connectivity index (χ0n) is 10.2. The molecule has 0 aromatic heterocycles. The molecule has 0 bridgehead atoms. The topological polar surface area (TPSA) is 21.3 Å². The molecule has 2 nitrogen and oxygen atoms in total. The lowest BCUT2D eigenvalue weighted by molar-refractivity contribution is 0.101. The molecule has 0 aliphatic carbocycles. The van der Waals surface area contributed by atoms with E-state index in [1.165, 1.54) is 10.0 Å². The van der Waals surface area contributed by atoms with E-state index in [-0.39, 0.29) is 0 Å². The van der Waals surface area contributed by atoms with E-state index in [1.54, 1.807) is 7.11 Å². The molecule has 0 heterocycles. The van der Waals surface area contributed by atoms with E-state index >= 15 is 0 Å². The molecule has 0 saturated carbocycles. The fraction of sp³-hybridized carbons (Fsp3) is 0.538. The van der Waals surface area contributed by atoms with Crippen molar-refractivity contribution >= 4 is 15.9 Å². The summed E-state index contributed by atoms with van der Waals surface area (Å²) >= 11 is 3.58. The van der Waals surface area contributed by atoms with Crippen LogP contribution in [0.1, 0.15) is 18.9 Å². The van der Waals surface area contributed by atoms with Crippen LogP contribution in [-0.2, 0) is 11.2 Å². The van der Waals surface area contributed by atoms with Gasteiger partial charge in [-0.15, -0.1) is 0 Å². The Morgan fingerprint density at radius 3 is 2.62 bits per heavy atom. The van der Waals surface area contributed by atoms with Crippen LogP contribution < -0.4 is 5.32 Å². The minimum absolute atomic E-state index is 0.292. The fourth-order valence-electron chi connectivity index (χ4n) is 1.73. The van der Waals surface area contributed by atoms with E-state index < -0.39 is 0 Å². The summed E-state index contributed by atoms with van der Waals surface area (Å²) in [6, 6.07) is 8.81. The van der Waals surface area contributed by atoms with Crippen molar-refractivity contribution < 1.29 is 4.74 Å². The van der Waals surface area contributed by atoms with E-state index in [4.69, 9.17) is 4.74 Å². The third-order valence-electron chi connectivity index (χ3n) is 2.85. The van der Waals surface area contributed by atoms with Crippen LogP contribution in [0.3, 0.4) is 0 Å². The van der Waals surface area contributed by atoms with Crippen LogP contribution in [-0.4, -0.2) is 26.3 Å². The molecule has 1 N–H and O–H groups in total. The Bertz CT molecular complexity index is 317. The lowest BCUT2D eigenvalue weighted by Gasteiger charge is -2.20. The molecule has 0 radical (unpaired) electrons. The number of halogens is 1. The van der Waals surface area contributed by atoms with Gasteiger partial charge in [0.25, 0.3) is 0 Å². The first kappa shape index (κ1) is 13.7. The molecular weight excluding hydrogens is 266 g/mol. The van der Waals surface area contributed by atoms with Crippen molar-refractivity contribution in [1.29, 1.82) is 0 Å². The van der Waals surface area contributed by atoms with Crippen LogP contribution in [0.4, 0.5) is 0 Å². The van der Waals surface area contributed by atoms with Gasteiger partial charge in [-0.1, -0.05) is 34.1 Å². The van der Waals surface area contributed by atoms with Crippen LogP contribution in [0.5, 0.6) is 0 Å². The molecule has 2 atom stereocenters. The Morgan fingerprint density at radius 2 is 2.06 bits per heavy atom. The molecule has 16 heavy (non-hydrogen) atoms. The van der Waals surface area contributed by atoms with Gasteiger partial charge >= 0.3 is 0 Å². The second-order valence-corrected chi connectivity index (χ2v) is 4.92. The molecule has 2 unspecified atom stereocenters. The SMILES string of the molecule is CNC(Cc1ccccc1Br)CC(C)OC. The number of methoxy groups -OCH3 is 1. The maximum absolute atomic E-state index is 5.30. The number of nitrogens with one attached hydrogen (secondary N) is 1. The Balaban J connectivity index is 2.60. The number of ether oxygens (including phenoxy) is 1. The summed E-state index contributed by atoms with van der Waals surface area (Å²) in [6.07, 6.45) is 2.33. The molecule has 1 aromatic rings. The highest BCUT2D eigenvalue weighted by atomic mass is 79.9. The number of benzene rings is 1. The molecule has 0 fully saturated rings. The van der Waals surface area contributed by atoms with Crippen molar-refractivity contribution in [2.24, 2.45) is 0 Å². The largest absolute Gasteiger partial charge is 0.382 e. The van der Waals surface area contributed by atoms with Crippen molar-refractivity contribution in [1.82, 2.24) is 5.32 Å². The van der Waals surface area contributed by atoms with Gasteiger partial charge in [-0.05, 0) is 38.4 Å². The third-order valence-corrected chi connectivity index (χ3v) is 3.62. The Morgan fingerprint density at radius 1 is 1.38 bits per heavy atom. The predicted octanol–water partition coefficient (Wildman–Crippen LogP) is 3.00. The Hall–Kier alpha value is -0.380. The predicted molar refractivity (Wildman–Crippen MR) is 71.8 cm³/mol. The lowest BCUT2D eigenvalue weighted by atomic mass is 10.0. The average Bonchev–Trinajstić information content (AvgIpc) is 2.30. The molecule has 1 aromatic carbocycles. The van der Waals surface area contributed by atoms with Gasteiger partial charge in [-0.3, -0.25) is 0 Å². The number of likely N-dealkylation sites (N-methyl/N-ethyl adjacent to an activating group) is 1. The highest BCUT2D eigenvalue weighted by Gasteiger charge is 2.12. The van der Waals surface area contributed by atoms with Crippen molar-refractivity contribution in [3.8, 4) is 0 Å². The third kappa shape index (κ3) is 4.24. The maximum atomic E-state index is 5.30. The molecule has 90 valence electrons. The zero-order valence-corrected chi connectivity index (χ0v) is 11.8. The quantitative estimate of drug-likeness (QED) is 0.868. The average molecular weight is 286 g/mol. The normalized spacial score (nSPS) is 14.8. The van der Waals surface area contributed by atoms with Crippen LogP contribution in [0, 0.1) is 0 Å². The van der Waals surface area contributed by atoms with Gasteiger partial charge in [0.15, 0.2) is 0 Å². The van der Waals surface area contributed by atoms with Crippen molar-refractivity contribution in [2.45, 2.75) is 31.9 Å². The van der Waals surface area contributed by atoms with Gasteiger partial charge in [0.1, 0.15) is 0 Å². The van der Waals surface area contributed by atoms with Crippen molar-refractivity contribution in [2.75, 3.05) is 14.2 Å². The molecular formula is C13H20BrNO. The smallest absolute Gasteiger partial charge is 0.0558 e. The first-order chi connectivity index (χ1) is 7.67. The highest BCUT2D eigenvalue weighted by molar-refractivity contribution is 9.10. The molecule has 1 rings (SSSR count). The minimum atomic E-state index is 0.292. The fourth-order valence-corrected chi connectivity index (χ4v) is 2.18. The Labute approximate surface area is 107 Å². The summed E-state index contributed by atoms with van der Waals surface area (Å²) in [5.74, 6) is 0. The molecule has 0 spiro atoms. The summed E-state index contributed by atoms with van der Waals surface area (Å²) in [5, 5.41) is 3.34. The van der Waals surface area contributed by atoms with Crippen LogP contribution >= 0.6 is 15.9 Å². The van der Waals surface area contributed by atoms with E-state index in [0.29, 0.717) is 12.1 Å². The Kier molecular flexibility index (Phi) is 6.03. The second kappa shape index (κ2) is 7.05. The van der Waals surface area contributed by atoms with Gasteiger partial charge in [-0.2, -0.15) is 0 Å². The summed E-state index contributed by atoms with van der Waals surface area (Å²) in [7, 11) is 3.76. The molecule has 0 aliphatic heterocycles. The van der Waals surface area contributed by atoms with Crippen LogP contribution in [0.2, 0.25) is 0 Å². The minimum Gasteiger partial charge on any atom is -0.382 e. The zero-order chi connectivity index (χ0) is 12.0. The molecule has 0 amide bonds. The van der Waals surface area contributed by atoms with E-state index in [9.17, 15) is 0 Å². The van der Waals surface area contributed by atoms with Crippen molar-refractivity contribution in [3.63, 3.8) is 0 Å².